The fourth-order valence-corrected chi connectivity index (χ4v) is 2.66. The van der Waals surface area contributed by atoms with Crippen molar-refractivity contribution < 1.29 is 8.78 Å². The highest BCUT2D eigenvalue weighted by molar-refractivity contribution is 5.25. The highest BCUT2D eigenvalue weighted by Gasteiger charge is 2.29. The molecular formula is C13H14F2N4. The van der Waals surface area contributed by atoms with Crippen molar-refractivity contribution >= 4 is 5.95 Å². The van der Waals surface area contributed by atoms with Crippen LogP contribution in [-0.4, -0.2) is 14.8 Å². The summed E-state index contributed by atoms with van der Waals surface area (Å²) in [4.78, 5) is 4.16. The van der Waals surface area contributed by atoms with Gasteiger partial charge in [-0.15, -0.1) is 5.10 Å². The number of rotatable bonds is 1. The molecule has 0 bridgehead atoms. The summed E-state index contributed by atoms with van der Waals surface area (Å²) in [5.41, 5.74) is 6.36. The molecule has 0 fully saturated rings. The molecule has 2 N–H and O–H groups in total. The third kappa shape index (κ3) is 2.07. The monoisotopic (exact) mass is 264 g/mol. The molecule has 100 valence electrons. The van der Waals surface area contributed by atoms with Crippen molar-refractivity contribution in [1.82, 2.24) is 14.8 Å². The second-order valence-corrected chi connectivity index (χ2v) is 5.03. The van der Waals surface area contributed by atoms with Crippen molar-refractivity contribution in [3.63, 3.8) is 0 Å². The van der Waals surface area contributed by atoms with Gasteiger partial charge in [0.25, 0.3) is 0 Å². The summed E-state index contributed by atoms with van der Waals surface area (Å²) in [5, 5.41) is 4.12. The molecule has 3 rings (SSSR count). The van der Waals surface area contributed by atoms with Crippen LogP contribution in [0.4, 0.5) is 14.7 Å². The molecule has 2 heterocycles. The second-order valence-electron chi connectivity index (χ2n) is 5.03. The van der Waals surface area contributed by atoms with Gasteiger partial charge in [-0.2, -0.15) is 4.98 Å². The Kier molecular flexibility index (Phi) is 2.73. The van der Waals surface area contributed by atoms with Crippen LogP contribution in [0.15, 0.2) is 18.2 Å². The zero-order valence-electron chi connectivity index (χ0n) is 10.5. The van der Waals surface area contributed by atoms with Crippen molar-refractivity contribution in [3.05, 3.63) is 41.2 Å². The van der Waals surface area contributed by atoms with E-state index in [1.54, 1.807) is 10.7 Å². The average molecular weight is 264 g/mol. The standard InChI is InChI=1S/C13H14F2N4/c1-7-4-12-17-13(16)18-19(12)6-9(7)8-2-3-10(14)11(15)5-8/h2-3,5,7,9H,4,6H2,1H3,(H2,16,18). The molecule has 0 aliphatic carbocycles. The number of halogens is 2. The van der Waals surface area contributed by atoms with Gasteiger partial charge in [-0.05, 0) is 23.6 Å². The number of nitrogens with zero attached hydrogens (tertiary/aromatic N) is 3. The van der Waals surface area contributed by atoms with Crippen LogP contribution < -0.4 is 5.73 Å². The molecule has 1 aliphatic heterocycles. The number of anilines is 1. The van der Waals surface area contributed by atoms with Gasteiger partial charge < -0.3 is 5.73 Å². The number of nitrogens with two attached hydrogens (primary N) is 1. The molecule has 2 aromatic rings. The summed E-state index contributed by atoms with van der Waals surface area (Å²) in [6.45, 7) is 2.66. The second kappa shape index (κ2) is 4.29. The minimum absolute atomic E-state index is 0.0868. The Balaban J connectivity index is 1.95. The molecule has 0 amide bonds. The lowest BCUT2D eigenvalue weighted by molar-refractivity contribution is 0.329. The zero-order valence-corrected chi connectivity index (χ0v) is 10.5. The van der Waals surface area contributed by atoms with Gasteiger partial charge >= 0.3 is 0 Å². The highest BCUT2D eigenvalue weighted by Crippen LogP contribution is 2.33. The Morgan fingerprint density at radius 2 is 2.11 bits per heavy atom. The van der Waals surface area contributed by atoms with Crippen molar-refractivity contribution in [3.8, 4) is 0 Å². The lowest BCUT2D eigenvalue weighted by Gasteiger charge is -2.29. The van der Waals surface area contributed by atoms with E-state index in [1.165, 1.54) is 12.1 Å². The van der Waals surface area contributed by atoms with Gasteiger partial charge in [0.05, 0.1) is 6.54 Å². The summed E-state index contributed by atoms with van der Waals surface area (Å²) < 4.78 is 28.1. The molecule has 0 spiro atoms. The van der Waals surface area contributed by atoms with Crippen molar-refractivity contribution in [2.24, 2.45) is 5.92 Å². The van der Waals surface area contributed by atoms with Crippen LogP contribution in [0.1, 0.15) is 24.2 Å². The molecule has 4 nitrogen and oxygen atoms in total. The van der Waals surface area contributed by atoms with Crippen LogP contribution in [0.2, 0.25) is 0 Å². The SMILES string of the molecule is CC1Cc2nc(N)nn2CC1c1ccc(F)c(F)c1. The summed E-state index contributed by atoms with van der Waals surface area (Å²) in [6, 6.07) is 4.06. The molecule has 6 heteroatoms. The number of hydrogen-bond acceptors (Lipinski definition) is 3. The van der Waals surface area contributed by atoms with Gasteiger partial charge in [0, 0.05) is 12.3 Å². The van der Waals surface area contributed by atoms with E-state index in [-0.39, 0.29) is 17.8 Å². The molecule has 0 saturated carbocycles. The van der Waals surface area contributed by atoms with Crippen LogP contribution in [-0.2, 0) is 13.0 Å². The Labute approximate surface area is 109 Å². The van der Waals surface area contributed by atoms with Gasteiger partial charge in [0.2, 0.25) is 5.95 Å². The fraction of sp³-hybridized carbons (Fsp3) is 0.385. The zero-order chi connectivity index (χ0) is 13.6. The number of hydrogen-bond donors (Lipinski definition) is 1. The first-order chi connectivity index (χ1) is 9.04. The quantitative estimate of drug-likeness (QED) is 0.858. The van der Waals surface area contributed by atoms with Gasteiger partial charge in [0.15, 0.2) is 11.6 Å². The molecule has 0 radical (unpaired) electrons. The van der Waals surface area contributed by atoms with Crippen molar-refractivity contribution in [2.45, 2.75) is 25.8 Å². The number of fused-ring (bicyclic) bond motifs is 1. The molecule has 2 unspecified atom stereocenters. The predicted octanol–water partition coefficient (Wildman–Crippen LogP) is 2.11. The molecular weight excluding hydrogens is 250 g/mol. The first kappa shape index (κ1) is 12.1. The highest BCUT2D eigenvalue weighted by atomic mass is 19.2. The molecule has 1 aliphatic rings. The Morgan fingerprint density at radius 1 is 1.32 bits per heavy atom. The normalized spacial score (nSPS) is 22.3. The van der Waals surface area contributed by atoms with E-state index in [2.05, 4.69) is 17.0 Å². The predicted molar refractivity (Wildman–Crippen MR) is 66.4 cm³/mol. The summed E-state index contributed by atoms with van der Waals surface area (Å²) in [5.74, 6) is -0.159. The lowest BCUT2D eigenvalue weighted by atomic mass is 9.83. The van der Waals surface area contributed by atoms with E-state index >= 15 is 0 Å². The van der Waals surface area contributed by atoms with Gasteiger partial charge in [-0.1, -0.05) is 13.0 Å². The van der Waals surface area contributed by atoms with Crippen LogP contribution >= 0.6 is 0 Å². The van der Waals surface area contributed by atoms with Crippen LogP contribution in [0, 0.1) is 17.6 Å². The third-order valence-electron chi connectivity index (χ3n) is 3.70. The third-order valence-corrected chi connectivity index (χ3v) is 3.70. The van der Waals surface area contributed by atoms with E-state index in [9.17, 15) is 8.78 Å². The molecule has 1 aromatic heterocycles. The maximum absolute atomic E-state index is 13.3. The average Bonchev–Trinajstić information content (AvgIpc) is 2.71. The van der Waals surface area contributed by atoms with Crippen LogP contribution in [0.5, 0.6) is 0 Å². The minimum Gasteiger partial charge on any atom is -0.366 e. The van der Waals surface area contributed by atoms with E-state index in [1.807, 2.05) is 0 Å². The van der Waals surface area contributed by atoms with Crippen molar-refractivity contribution in [1.29, 1.82) is 0 Å². The molecule has 2 atom stereocenters. The first-order valence-electron chi connectivity index (χ1n) is 6.18. The largest absolute Gasteiger partial charge is 0.366 e. The molecule has 19 heavy (non-hydrogen) atoms. The maximum atomic E-state index is 13.3. The van der Waals surface area contributed by atoms with E-state index in [0.717, 1.165) is 17.8 Å². The summed E-state index contributed by atoms with van der Waals surface area (Å²) >= 11 is 0. The van der Waals surface area contributed by atoms with E-state index in [4.69, 9.17) is 5.73 Å². The van der Waals surface area contributed by atoms with Gasteiger partial charge in [-0.25, -0.2) is 13.5 Å². The van der Waals surface area contributed by atoms with Crippen molar-refractivity contribution in [2.75, 3.05) is 5.73 Å². The minimum atomic E-state index is -0.821. The Hall–Kier alpha value is -1.98. The van der Waals surface area contributed by atoms with E-state index in [0.29, 0.717) is 6.54 Å². The van der Waals surface area contributed by atoms with Gasteiger partial charge in [0.1, 0.15) is 5.82 Å². The maximum Gasteiger partial charge on any atom is 0.239 e. The fourth-order valence-electron chi connectivity index (χ4n) is 2.66. The van der Waals surface area contributed by atoms with E-state index < -0.39 is 11.6 Å². The Morgan fingerprint density at radius 3 is 2.84 bits per heavy atom. The smallest absolute Gasteiger partial charge is 0.239 e. The molecule has 1 aromatic carbocycles. The Bertz CT molecular complexity index is 623. The number of nitrogen functional groups attached to an aromatic ring is 1. The summed E-state index contributed by atoms with van der Waals surface area (Å²) in [7, 11) is 0. The topological polar surface area (TPSA) is 56.7 Å². The summed E-state index contributed by atoms with van der Waals surface area (Å²) in [6.07, 6.45) is 0.730. The first-order valence-corrected chi connectivity index (χ1v) is 6.18. The van der Waals surface area contributed by atoms with Gasteiger partial charge in [-0.3, -0.25) is 0 Å². The number of aromatic nitrogens is 3. The lowest BCUT2D eigenvalue weighted by Crippen LogP contribution is -2.27. The number of benzene rings is 1. The van der Waals surface area contributed by atoms with Crippen LogP contribution in [0.3, 0.4) is 0 Å². The van der Waals surface area contributed by atoms with Crippen LogP contribution in [0.25, 0.3) is 0 Å². The molecule has 0 saturated heterocycles.